The smallest absolute Gasteiger partial charge is 0.277 e. The van der Waals surface area contributed by atoms with Gasteiger partial charge in [0, 0.05) is 0 Å². The highest BCUT2D eigenvalue weighted by molar-refractivity contribution is 5.85. The Labute approximate surface area is 129 Å². The fourth-order valence-electron chi connectivity index (χ4n) is 1.45. The van der Waals surface area contributed by atoms with Crippen molar-refractivity contribution in [3.05, 3.63) is 29.8 Å². The van der Waals surface area contributed by atoms with Crippen molar-refractivity contribution in [1.82, 2.24) is 5.32 Å². The highest BCUT2D eigenvalue weighted by Gasteiger charge is 2.27. The van der Waals surface area contributed by atoms with Crippen LogP contribution < -0.4 is 15.8 Å². The topological polar surface area (TPSA) is 64.3 Å². The van der Waals surface area contributed by atoms with E-state index in [1.54, 1.807) is 12.1 Å². The number of rotatable bonds is 7. The minimum atomic E-state index is -3.09. The maximum absolute atomic E-state index is 12.8. The third-order valence-corrected chi connectivity index (χ3v) is 2.76. The van der Waals surface area contributed by atoms with Crippen molar-refractivity contribution in [2.75, 3.05) is 19.7 Å². The van der Waals surface area contributed by atoms with E-state index in [4.69, 9.17) is 10.5 Å². The molecule has 0 aromatic heterocycles. The van der Waals surface area contributed by atoms with E-state index in [2.05, 4.69) is 19.2 Å². The van der Waals surface area contributed by atoms with E-state index in [1.807, 2.05) is 12.1 Å². The van der Waals surface area contributed by atoms with Gasteiger partial charge in [-0.2, -0.15) is 0 Å². The first-order valence-corrected chi connectivity index (χ1v) is 6.41. The van der Waals surface area contributed by atoms with Gasteiger partial charge in [0.2, 0.25) is 0 Å². The summed E-state index contributed by atoms with van der Waals surface area (Å²) in [5.41, 5.74) is 6.02. The molecule has 21 heavy (non-hydrogen) atoms. The highest BCUT2D eigenvalue weighted by Crippen LogP contribution is 2.18. The van der Waals surface area contributed by atoms with Crippen molar-refractivity contribution in [3.63, 3.8) is 0 Å². The number of nitrogens with one attached hydrogen (secondary N) is 1. The molecule has 0 heterocycles. The van der Waals surface area contributed by atoms with Crippen LogP contribution in [0.15, 0.2) is 24.3 Å². The van der Waals surface area contributed by atoms with Crippen LogP contribution in [-0.4, -0.2) is 31.5 Å². The standard InChI is InChI=1S/C14H20F2N2O2.ClH/c1-10(2)11-3-5-12(6-4-11)20-7-13(19)18-9-14(15,16)8-17;/h3-6,10H,7-9,17H2,1-2H3,(H,18,19);1H. The molecule has 0 spiro atoms. The maximum atomic E-state index is 12.8. The molecular weight excluding hydrogens is 302 g/mol. The van der Waals surface area contributed by atoms with Crippen LogP contribution in [-0.2, 0) is 4.79 Å². The molecule has 1 rings (SSSR count). The van der Waals surface area contributed by atoms with Crippen molar-refractivity contribution in [3.8, 4) is 5.75 Å². The molecule has 120 valence electrons. The monoisotopic (exact) mass is 322 g/mol. The molecule has 0 saturated carbocycles. The second-order valence-corrected chi connectivity index (χ2v) is 4.85. The van der Waals surface area contributed by atoms with E-state index in [0.717, 1.165) is 5.56 Å². The molecule has 3 N–H and O–H groups in total. The van der Waals surface area contributed by atoms with Crippen LogP contribution in [0.2, 0.25) is 0 Å². The molecule has 0 fully saturated rings. The fraction of sp³-hybridized carbons (Fsp3) is 0.500. The number of carbonyl (C=O) groups is 1. The largest absolute Gasteiger partial charge is 0.484 e. The van der Waals surface area contributed by atoms with Gasteiger partial charge in [0.1, 0.15) is 5.75 Å². The van der Waals surface area contributed by atoms with Gasteiger partial charge in [-0.15, -0.1) is 12.4 Å². The lowest BCUT2D eigenvalue weighted by Crippen LogP contribution is -2.43. The van der Waals surface area contributed by atoms with Gasteiger partial charge in [0.05, 0.1) is 13.1 Å². The summed E-state index contributed by atoms with van der Waals surface area (Å²) in [4.78, 5) is 11.3. The summed E-state index contributed by atoms with van der Waals surface area (Å²) in [5.74, 6) is -2.76. The Kier molecular flexibility index (Phi) is 8.21. The molecular formula is C14H21ClF2N2O2. The number of carbonyl (C=O) groups excluding carboxylic acids is 1. The first-order chi connectivity index (χ1) is 9.34. The summed E-state index contributed by atoms with van der Waals surface area (Å²) in [5, 5.41) is 2.08. The summed E-state index contributed by atoms with van der Waals surface area (Å²) in [6, 6.07) is 7.30. The summed E-state index contributed by atoms with van der Waals surface area (Å²) in [6.45, 7) is 2.26. The highest BCUT2D eigenvalue weighted by atomic mass is 35.5. The van der Waals surface area contributed by atoms with Crippen molar-refractivity contribution in [2.45, 2.75) is 25.7 Å². The Bertz CT molecular complexity index is 439. The second kappa shape index (κ2) is 8.79. The molecule has 1 amide bonds. The first kappa shape index (κ1) is 19.6. The normalized spacial score (nSPS) is 11.0. The van der Waals surface area contributed by atoms with E-state index in [0.29, 0.717) is 11.7 Å². The average molecular weight is 323 g/mol. The van der Waals surface area contributed by atoms with Crippen LogP contribution in [0.5, 0.6) is 5.75 Å². The number of hydrogen-bond donors (Lipinski definition) is 2. The molecule has 0 aliphatic heterocycles. The number of alkyl halides is 2. The number of amides is 1. The van der Waals surface area contributed by atoms with Crippen LogP contribution in [0, 0.1) is 0 Å². The quantitative estimate of drug-likeness (QED) is 0.809. The molecule has 1 aromatic carbocycles. The Balaban J connectivity index is 0.00000400. The van der Waals surface area contributed by atoms with Gasteiger partial charge in [-0.1, -0.05) is 26.0 Å². The van der Waals surface area contributed by atoms with Gasteiger partial charge < -0.3 is 15.8 Å². The predicted octanol–water partition coefficient (Wildman–Crippen LogP) is 2.32. The van der Waals surface area contributed by atoms with E-state index in [1.165, 1.54) is 0 Å². The van der Waals surface area contributed by atoms with Crippen molar-refractivity contribution in [1.29, 1.82) is 0 Å². The summed E-state index contributed by atoms with van der Waals surface area (Å²) in [6.07, 6.45) is 0. The zero-order chi connectivity index (χ0) is 15.2. The predicted molar refractivity (Wildman–Crippen MR) is 80.3 cm³/mol. The van der Waals surface area contributed by atoms with Crippen LogP contribution in [0.1, 0.15) is 25.3 Å². The third kappa shape index (κ3) is 7.24. The molecule has 0 bridgehead atoms. The van der Waals surface area contributed by atoms with E-state index in [-0.39, 0.29) is 19.0 Å². The second-order valence-electron chi connectivity index (χ2n) is 4.85. The summed E-state index contributed by atoms with van der Waals surface area (Å²) >= 11 is 0. The molecule has 0 unspecified atom stereocenters. The first-order valence-electron chi connectivity index (χ1n) is 6.41. The molecule has 0 radical (unpaired) electrons. The number of hydrogen-bond acceptors (Lipinski definition) is 3. The van der Waals surface area contributed by atoms with Crippen molar-refractivity contribution < 1.29 is 18.3 Å². The SMILES string of the molecule is CC(C)c1ccc(OCC(=O)NCC(F)(F)CN)cc1.Cl. The minimum Gasteiger partial charge on any atom is -0.484 e. The van der Waals surface area contributed by atoms with E-state index < -0.39 is 24.9 Å². The van der Waals surface area contributed by atoms with Crippen molar-refractivity contribution >= 4 is 18.3 Å². The average Bonchev–Trinajstić information content (AvgIpc) is 2.43. The fourth-order valence-corrected chi connectivity index (χ4v) is 1.45. The number of halogens is 3. The molecule has 1 aromatic rings. The summed E-state index contributed by atoms with van der Waals surface area (Å²) < 4.78 is 30.8. The Morgan fingerprint density at radius 2 is 1.90 bits per heavy atom. The lowest BCUT2D eigenvalue weighted by molar-refractivity contribution is -0.124. The lowest BCUT2D eigenvalue weighted by Gasteiger charge is -2.14. The van der Waals surface area contributed by atoms with Crippen LogP contribution in [0.25, 0.3) is 0 Å². The van der Waals surface area contributed by atoms with Gasteiger partial charge in [-0.05, 0) is 23.6 Å². The Morgan fingerprint density at radius 1 is 1.33 bits per heavy atom. The van der Waals surface area contributed by atoms with Crippen LogP contribution in [0.3, 0.4) is 0 Å². The molecule has 7 heteroatoms. The van der Waals surface area contributed by atoms with Gasteiger partial charge >= 0.3 is 0 Å². The van der Waals surface area contributed by atoms with Crippen LogP contribution in [0.4, 0.5) is 8.78 Å². The molecule has 0 aliphatic rings. The lowest BCUT2D eigenvalue weighted by atomic mass is 10.0. The molecule has 0 saturated heterocycles. The zero-order valence-corrected chi connectivity index (χ0v) is 12.9. The summed E-state index contributed by atoms with van der Waals surface area (Å²) in [7, 11) is 0. The van der Waals surface area contributed by atoms with E-state index in [9.17, 15) is 13.6 Å². The Morgan fingerprint density at radius 3 is 2.38 bits per heavy atom. The number of ether oxygens (including phenoxy) is 1. The molecule has 4 nitrogen and oxygen atoms in total. The van der Waals surface area contributed by atoms with Crippen LogP contribution >= 0.6 is 12.4 Å². The Hall–Kier alpha value is -1.40. The molecule has 0 atom stereocenters. The van der Waals surface area contributed by atoms with Gasteiger partial charge in [0.25, 0.3) is 11.8 Å². The molecule has 0 aliphatic carbocycles. The maximum Gasteiger partial charge on any atom is 0.277 e. The van der Waals surface area contributed by atoms with Gasteiger partial charge in [0.15, 0.2) is 6.61 Å². The minimum absolute atomic E-state index is 0. The third-order valence-electron chi connectivity index (χ3n) is 2.76. The van der Waals surface area contributed by atoms with Gasteiger partial charge in [-0.25, -0.2) is 8.78 Å². The number of nitrogens with two attached hydrogens (primary N) is 1. The number of benzene rings is 1. The van der Waals surface area contributed by atoms with Crippen molar-refractivity contribution in [2.24, 2.45) is 5.73 Å². The van der Waals surface area contributed by atoms with Gasteiger partial charge in [-0.3, -0.25) is 4.79 Å². The zero-order valence-electron chi connectivity index (χ0n) is 12.1. The van der Waals surface area contributed by atoms with E-state index >= 15 is 0 Å².